The lowest BCUT2D eigenvalue weighted by molar-refractivity contribution is 0.0944. The molecule has 0 atom stereocenters. The maximum Gasteiger partial charge on any atom is 0.326 e. The second-order valence-corrected chi connectivity index (χ2v) is 5.12. The Hall–Kier alpha value is -2.64. The van der Waals surface area contributed by atoms with Gasteiger partial charge in [0, 0.05) is 18.8 Å². The van der Waals surface area contributed by atoms with E-state index in [2.05, 4.69) is 29.1 Å². The van der Waals surface area contributed by atoms with Gasteiger partial charge in [-0.3, -0.25) is 14.6 Å². The maximum absolute atomic E-state index is 11.9. The Morgan fingerprint density at radius 3 is 2.81 bits per heavy atom. The molecule has 2 heterocycles. The van der Waals surface area contributed by atoms with Crippen LogP contribution in [-0.4, -0.2) is 25.4 Å². The topological polar surface area (TPSA) is 113 Å². The van der Waals surface area contributed by atoms with E-state index in [0.717, 1.165) is 18.3 Å². The van der Waals surface area contributed by atoms with E-state index in [1.54, 1.807) is 12.5 Å². The lowest BCUT2D eigenvalue weighted by Gasteiger charge is -2.11. The molecule has 8 nitrogen and oxygen atoms in total. The second kappa shape index (κ2) is 6.21. The van der Waals surface area contributed by atoms with E-state index in [0.29, 0.717) is 5.92 Å². The first-order valence-electron chi connectivity index (χ1n) is 6.56. The van der Waals surface area contributed by atoms with Crippen LogP contribution in [0.5, 0.6) is 0 Å². The molecule has 0 aliphatic carbocycles. The van der Waals surface area contributed by atoms with Crippen molar-refractivity contribution in [2.75, 3.05) is 0 Å². The summed E-state index contributed by atoms with van der Waals surface area (Å²) in [6, 6.07) is 1.04. The number of rotatable bonds is 5. The number of carbonyl (C=O) groups excluding carboxylic acids is 1. The van der Waals surface area contributed by atoms with Gasteiger partial charge < -0.3 is 14.9 Å². The average Bonchev–Trinajstić information content (AvgIpc) is 2.81. The van der Waals surface area contributed by atoms with Crippen LogP contribution in [0.15, 0.2) is 28.2 Å². The highest BCUT2D eigenvalue weighted by atomic mass is 16.2. The van der Waals surface area contributed by atoms with Gasteiger partial charge in [0.15, 0.2) is 0 Å². The normalized spacial score (nSPS) is 10.8. The number of amides is 1. The number of hydrogen-bond donors (Lipinski definition) is 3. The van der Waals surface area contributed by atoms with Crippen molar-refractivity contribution in [3.05, 3.63) is 50.8 Å². The highest BCUT2D eigenvalue weighted by Gasteiger charge is 2.10. The van der Waals surface area contributed by atoms with E-state index in [1.807, 2.05) is 9.55 Å². The van der Waals surface area contributed by atoms with Crippen molar-refractivity contribution in [1.82, 2.24) is 24.8 Å². The van der Waals surface area contributed by atoms with Crippen LogP contribution in [0.25, 0.3) is 0 Å². The number of carbonyl (C=O) groups is 1. The predicted octanol–water partition coefficient (Wildman–Crippen LogP) is -0.154. The number of H-pyrrole nitrogens is 2. The molecule has 2 rings (SSSR count). The molecule has 0 fully saturated rings. The summed E-state index contributed by atoms with van der Waals surface area (Å²) in [4.78, 5) is 42.5. The summed E-state index contributed by atoms with van der Waals surface area (Å²) in [5.74, 6) is -0.0619. The van der Waals surface area contributed by atoms with Gasteiger partial charge in [-0.2, -0.15) is 0 Å². The van der Waals surface area contributed by atoms with Crippen molar-refractivity contribution < 1.29 is 4.79 Å². The minimum atomic E-state index is -0.711. The Kier molecular flexibility index (Phi) is 4.36. The van der Waals surface area contributed by atoms with Crippen LogP contribution in [0.3, 0.4) is 0 Å². The van der Waals surface area contributed by atoms with Gasteiger partial charge in [-0.25, -0.2) is 9.78 Å². The van der Waals surface area contributed by atoms with Gasteiger partial charge in [0.2, 0.25) is 0 Å². The van der Waals surface area contributed by atoms with Gasteiger partial charge in [0.1, 0.15) is 5.69 Å². The second-order valence-electron chi connectivity index (χ2n) is 5.12. The number of aromatic nitrogens is 4. The quantitative estimate of drug-likeness (QED) is 0.710. The number of aromatic amines is 2. The zero-order valence-electron chi connectivity index (χ0n) is 11.8. The zero-order valence-corrected chi connectivity index (χ0v) is 11.8. The fraction of sp³-hybridized carbons (Fsp3) is 0.385. The maximum atomic E-state index is 11.9. The SMILES string of the molecule is CC(C)Cn1cncc1CNC(=O)c1cc(=O)[nH]c(=O)[nH]1. The van der Waals surface area contributed by atoms with Gasteiger partial charge in [-0.15, -0.1) is 0 Å². The smallest absolute Gasteiger partial charge is 0.326 e. The lowest BCUT2D eigenvalue weighted by Crippen LogP contribution is -2.31. The summed E-state index contributed by atoms with van der Waals surface area (Å²) in [5, 5.41) is 2.65. The van der Waals surface area contributed by atoms with Crippen LogP contribution in [0, 0.1) is 5.92 Å². The van der Waals surface area contributed by atoms with E-state index in [1.165, 1.54) is 0 Å². The molecule has 2 aromatic heterocycles. The molecule has 0 spiro atoms. The Morgan fingerprint density at radius 1 is 1.38 bits per heavy atom. The molecule has 21 heavy (non-hydrogen) atoms. The molecule has 0 aliphatic rings. The largest absolute Gasteiger partial charge is 0.345 e. The minimum Gasteiger partial charge on any atom is -0.345 e. The molecule has 0 bridgehead atoms. The summed E-state index contributed by atoms with van der Waals surface area (Å²) in [5.41, 5.74) is -0.547. The summed E-state index contributed by atoms with van der Waals surface area (Å²) < 4.78 is 1.95. The molecule has 0 aromatic carbocycles. The molecule has 2 aromatic rings. The average molecular weight is 291 g/mol. The van der Waals surface area contributed by atoms with Gasteiger partial charge >= 0.3 is 5.69 Å². The molecule has 1 amide bonds. The fourth-order valence-corrected chi connectivity index (χ4v) is 1.91. The molecule has 8 heteroatoms. The summed E-state index contributed by atoms with van der Waals surface area (Å²) in [6.45, 7) is 5.24. The number of imidazole rings is 1. The summed E-state index contributed by atoms with van der Waals surface area (Å²) >= 11 is 0. The molecule has 3 N–H and O–H groups in total. The van der Waals surface area contributed by atoms with Crippen molar-refractivity contribution in [3.63, 3.8) is 0 Å². The van der Waals surface area contributed by atoms with Crippen molar-refractivity contribution in [2.45, 2.75) is 26.9 Å². The Morgan fingerprint density at radius 2 is 2.14 bits per heavy atom. The standard InChI is InChI=1S/C13H17N5O3/c1-8(2)6-18-7-14-4-9(18)5-15-12(20)10-3-11(19)17-13(21)16-10/h3-4,7-8H,5-6H2,1-2H3,(H,15,20)(H2,16,17,19,21). The van der Waals surface area contributed by atoms with E-state index >= 15 is 0 Å². The van der Waals surface area contributed by atoms with Crippen LogP contribution in [0.1, 0.15) is 30.0 Å². The van der Waals surface area contributed by atoms with Crippen molar-refractivity contribution in [3.8, 4) is 0 Å². The summed E-state index contributed by atoms with van der Waals surface area (Å²) in [7, 11) is 0. The predicted molar refractivity (Wildman–Crippen MR) is 75.9 cm³/mol. The van der Waals surface area contributed by atoms with E-state index in [9.17, 15) is 14.4 Å². The van der Waals surface area contributed by atoms with Crippen LogP contribution in [0.4, 0.5) is 0 Å². The van der Waals surface area contributed by atoms with Gasteiger partial charge in [-0.05, 0) is 5.92 Å². The van der Waals surface area contributed by atoms with Gasteiger partial charge in [-0.1, -0.05) is 13.8 Å². The third kappa shape index (κ3) is 3.91. The van der Waals surface area contributed by atoms with E-state index in [4.69, 9.17) is 0 Å². The number of nitrogens with zero attached hydrogens (tertiary/aromatic N) is 2. The van der Waals surface area contributed by atoms with Crippen LogP contribution >= 0.6 is 0 Å². The third-order valence-electron chi connectivity index (χ3n) is 2.80. The van der Waals surface area contributed by atoms with Crippen LogP contribution in [0.2, 0.25) is 0 Å². The van der Waals surface area contributed by atoms with Crippen LogP contribution in [-0.2, 0) is 13.1 Å². The minimum absolute atomic E-state index is 0.0707. The molecule has 0 unspecified atom stereocenters. The van der Waals surface area contributed by atoms with Crippen molar-refractivity contribution in [2.24, 2.45) is 5.92 Å². The third-order valence-corrected chi connectivity index (χ3v) is 2.80. The van der Waals surface area contributed by atoms with E-state index < -0.39 is 17.2 Å². The Balaban J connectivity index is 2.06. The first-order valence-corrected chi connectivity index (χ1v) is 6.56. The fourth-order valence-electron chi connectivity index (χ4n) is 1.91. The number of hydrogen-bond acceptors (Lipinski definition) is 4. The molecule has 0 saturated carbocycles. The molecule has 0 radical (unpaired) electrons. The highest BCUT2D eigenvalue weighted by molar-refractivity contribution is 5.91. The first-order chi connectivity index (χ1) is 9.95. The van der Waals surface area contributed by atoms with Gasteiger partial charge in [0.25, 0.3) is 11.5 Å². The molecule has 0 aliphatic heterocycles. The first kappa shape index (κ1) is 14.8. The molecule has 112 valence electrons. The van der Waals surface area contributed by atoms with E-state index in [-0.39, 0.29) is 12.2 Å². The molecular weight excluding hydrogens is 274 g/mol. The zero-order chi connectivity index (χ0) is 15.4. The molecular formula is C13H17N5O3. The van der Waals surface area contributed by atoms with Gasteiger partial charge in [0.05, 0.1) is 18.6 Å². The lowest BCUT2D eigenvalue weighted by atomic mass is 10.2. The van der Waals surface area contributed by atoms with Crippen LogP contribution < -0.4 is 16.6 Å². The van der Waals surface area contributed by atoms with Crippen molar-refractivity contribution >= 4 is 5.91 Å². The monoisotopic (exact) mass is 291 g/mol. The summed E-state index contributed by atoms with van der Waals surface area (Å²) in [6.07, 6.45) is 3.37. The Bertz CT molecular complexity index is 712. The van der Waals surface area contributed by atoms with Crippen molar-refractivity contribution in [1.29, 1.82) is 0 Å². The highest BCUT2D eigenvalue weighted by Crippen LogP contribution is 2.04. The number of nitrogens with one attached hydrogen (secondary N) is 3. The Labute approximate surface area is 120 Å². The molecule has 0 saturated heterocycles.